The predicted octanol–water partition coefficient (Wildman–Crippen LogP) is 3.50. The lowest BCUT2D eigenvalue weighted by Crippen LogP contribution is -2.04. The molecule has 0 bridgehead atoms. The van der Waals surface area contributed by atoms with E-state index in [1.54, 1.807) is 0 Å². The van der Waals surface area contributed by atoms with E-state index in [2.05, 4.69) is 29.1 Å². The highest BCUT2D eigenvalue weighted by molar-refractivity contribution is 7.99. The van der Waals surface area contributed by atoms with Crippen LogP contribution in [0, 0.1) is 12.8 Å². The lowest BCUT2D eigenvalue weighted by Gasteiger charge is -2.10. The largest absolute Gasteiger partial charge is 0.354 e. The summed E-state index contributed by atoms with van der Waals surface area (Å²) >= 11 is 1.89. The van der Waals surface area contributed by atoms with E-state index in [0.717, 1.165) is 23.4 Å². The van der Waals surface area contributed by atoms with Crippen molar-refractivity contribution in [3.63, 3.8) is 0 Å². The minimum atomic E-state index is 0.757. The first-order chi connectivity index (χ1) is 8.29. The molecular weight excluding hydrogens is 230 g/mol. The third-order valence-electron chi connectivity index (χ3n) is 3.19. The Hall–Kier alpha value is -0.770. The van der Waals surface area contributed by atoms with Crippen molar-refractivity contribution in [3.05, 3.63) is 11.8 Å². The standard InChI is InChI=1S/C13H21N3S/c1-3-14-13-15-8-10(2)12(16-13)17-9-11-6-4-5-7-11/h8,11H,3-7,9H2,1-2H3,(H,14,15,16). The van der Waals surface area contributed by atoms with Gasteiger partial charge in [0.1, 0.15) is 5.03 Å². The minimum Gasteiger partial charge on any atom is -0.354 e. The van der Waals surface area contributed by atoms with Crippen LogP contribution in [0.3, 0.4) is 0 Å². The van der Waals surface area contributed by atoms with Crippen LogP contribution in [0.2, 0.25) is 0 Å². The maximum atomic E-state index is 4.56. The molecule has 2 rings (SSSR count). The number of anilines is 1. The second-order valence-electron chi connectivity index (χ2n) is 4.67. The summed E-state index contributed by atoms with van der Waals surface area (Å²) in [5, 5.41) is 4.31. The van der Waals surface area contributed by atoms with Crippen molar-refractivity contribution in [2.24, 2.45) is 5.92 Å². The Kier molecular flexibility index (Phi) is 4.66. The topological polar surface area (TPSA) is 37.8 Å². The Morgan fingerprint density at radius 1 is 1.41 bits per heavy atom. The smallest absolute Gasteiger partial charge is 0.223 e. The number of hydrogen-bond donors (Lipinski definition) is 1. The van der Waals surface area contributed by atoms with Crippen molar-refractivity contribution >= 4 is 17.7 Å². The van der Waals surface area contributed by atoms with Gasteiger partial charge in [0.15, 0.2) is 0 Å². The Bertz CT molecular complexity index is 362. The molecule has 4 heteroatoms. The number of nitrogens with one attached hydrogen (secondary N) is 1. The molecule has 0 spiro atoms. The van der Waals surface area contributed by atoms with Crippen LogP contribution < -0.4 is 5.32 Å². The van der Waals surface area contributed by atoms with Crippen molar-refractivity contribution in [2.75, 3.05) is 17.6 Å². The second kappa shape index (κ2) is 6.24. The van der Waals surface area contributed by atoms with Gasteiger partial charge in [-0.25, -0.2) is 9.97 Å². The second-order valence-corrected chi connectivity index (χ2v) is 5.68. The van der Waals surface area contributed by atoms with E-state index in [4.69, 9.17) is 0 Å². The molecule has 1 aliphatic rings. The summed E-state index contributed by atoms with van der Waals surface area (Å²) < 4.78 is 0. The van der Waals surface area contributed by atoms with Crippen molar-refractivity contribution in [2.45, 2.75) is 44.6 Å². The van der Waals surface area contributed by atoms with Gasteiger partial charge in [-0.05, 0) is 38.2 Å². The third kappa shape index (κ3) is 3.60. The fourth-order valence-corrected chi connectivity index (χ4v) is 3.35. The number of aryl methyl sites for hydroxylation is 1. The van der Waals surface area contributed by atoms with Gasteiger partial charge in [-0.2, -0.15) is 0 Å². The van der Waals surface area contributed by atoms with E-state index < -0.39 is 0 Å². The number of aromatic nitrogens is 2. The van der Waals surface area contributed by atoms with Crippen LogP contribution in [0.4, 0.5) is 5.95 Å². The van der Waals surface area contributed by atoms with E-state index >= 15 is 0 Å². The maximum Gasteiger partial charge on any atom is 0.223 e. The van der Waals surface area contributed by atoms with Gasteiger partial charge in [0, 0.05) is 18.5 Å². The number of hydrogen-bond acceptors (Lipinski definition) is 4. The van der Waals surface area contributed by atoms with Gasteiger partial charge >= 0.3 is 0 Å². The molecule has 0 aliphatic heterocycles. The highest BCUT2D eigenvalue weighted by Crippen LogP contribution is 2.31. The number of thioether (sulfide) groups is 1. The average molecular weight is 251 g/mol. The SMILES string of the molecule is CCNc1ncc(C)c(SCC2CCCC2)n1. The van der Waals surface area contributed by atoms with Crippen molar-refractivity contribution in [1.29, 1.82) is 0 Å². The molecule has 1 aromatic heterocycles. The van der Waals surface area contributed by atoms with Crippen LogP contribution in [0.25, 0.3) is 0 Å². The van der Waals surface area contributed by atoms with E-state index in [9.17, 15) is 0 Å². The van der Waals surface area contributed by atoms with Crippen LogP contribution in [0.15, 0.2) is 11.2 Å². The lowest BCUT2D eigenvalue weighted by atomic mass is 10.1. The van der Waals surface area contributed by atoms with Gasteiger partial charge in [0.2, 0.25) is 5.95 Å². The van der Waals surface area contributed by atoms with E-state index in [-0.39, 0.29) is 0 Å². The molecule has 0 atom stereocenters. The van der Waals surface area contributed by atoms with E-state index in [1.165, 1.54) is 37.0 Å². The number of rotatable bonds is 5. The summed E-state index contributed by atoms with van der Waals surface area (Å²) in [6.07, 6.45) is 7.55. The van der Waals surface area contributed by atoms with Gasteiger partial charge in [-0.3, -0.25) is 0 Å². The van der Waals surface area contributed by atoms with Crippen LogP contribution in [0.1, 0.15) is 38.2 Å². The molecule has 94 valence electrons. The molecule has 0 unspecified atom stereocenters. The molecule has 3 nitrogen and oxygen atoms in total. The monoisotopic (exact) mass is 251 g/mol. The molecule has 1 heterocycles. The Balaban J connectivity index is 1.95. The first kappa shape index (κ1) is 12.7. The van der Waals surface area contributed by atoms with Gasteiger partial charge in [-0.1, -0.05) is 12.8 Å². The van der Waals surface area contributed by atoms with E-state index in [0.29, 0.717) is 0 Å². The molecule has 17 heavy (non-hydrogen) atoms. The molecule has 0 saturated heterocycles. The van der Waals surface area contributed by atoms with Gasteiger partial charge in [0.05, 0.1) is 0 Å². The Morgan fingerprint density at radius 2 is 2.18 bits per heavy atom. The van der Waals surface area contributed by atoms with Crippen molar-refractivity contribution in [1.82, 2.24) is 9.97 Å². The zero-order valence-corrected chi connectivity index (χ0v) is 11.5. The predicted molar refractivity (Wildman–Crippen MR) is 73.6 cm³/mol. The van der Waals surface area contributed by atoms with Gasteiger partial charge in [0.25, 0.3) is 0 Å². The summed E-state index contributed by atoms with van der Waals surface area (Å²) in [6.45, 7) is 5.02. The summed E-state index contributed by atoms with van der Waals surface area (Å²) in [6, 6.07) is 0. The normalized spacial score (nSPS) is 16.4. The van der Waals surface area contributed by atoms with Gasteiger partial charge in [-0.15, -0.1) is 11.8 Å². The Labute approximate surface area is 108 Å². The zero-order chi connectivity index (χ0) is 12.1. The average Bonchev–Trinajstić information content (AvgIpc) is 2.83. The summed E-state index contributed by atoms with van der Waals surface area (Å²) in [4.78, 5) is 8.84. The van der Waals surface area contributed by atoms with Crippen LogP contribution in [-0.4, -0.2) is 22.3 Å². The summed E-state index contributed by atoms with van der Waals surface area (Å²) in [5.74, 6) is 2.87. The fourth-order valence-electron chi connectivity index (χ4n) is 2.19. The molecule has 0 radical (unpaired) electrons. The van der Waals surface area contributed by atoms with Crippen molar-refractivity contribution < 1.29 is 0 Å². The zero-order valence-electron chi connectivity index (χ0n) is 10.7. The Morgan fingerprint density at radius 3 is 2.88 bits per heavy atom. The molecule has 1 fully saturated rings. The molecule has 0 amide bonds. The highest BCUT2D eigenvalue weighted by Gasteiger charge is 2.16. The van der Waals surface area contributed by atoms with E-state index in [1.807, 2.05) is 18.0 Å². The van der Waals surface area contributed by atoms with Crippen LogP contribution >= 0.6 is 11.8 Å². The fraction of sp³-hybridized carbons (Fsp3) is 0.692. The summed E-state index contributed by atoms with van der Waals surface area (Å²) in [7, 11) is 0. The van der Waals surface area contributed by atoms with Crippen LogP contribution in [0.5, 0.6) is 0 Å². The third-order valence-corrected chi connectivity index (χ3v) is 4.52. The first-order valence-corrected chi connectivity index (χ1v) is 7.48. The minimum absolute atomic E-state index is 0.757. The molecule has 0 aromatic carbocycles. The lowest BCUT2D eigenvalue weighted by molar-refractivity contribution is 0.622. The van der Waals surface area contributed by atoms with Crippen LogP contribution in [-0.2, 0) is 0 Å². The molecular formula is C13H21N3S. The van der Waals surface area contributed by atoms with Gasteiger partial charge < -0.3 is 5.32 Å². The quantitative estimate of drug-likeness (QED) is 0.642. The molecule has 1 aromatic rings. The summed E-state index contributed by atoms with van der Waals surface area (Å²) in [5.41, 5.74) is 1.19. The maximum absolute atomic E-state index is 4.56. The number of nitrogens with zero attached hydrogens (tertiary/aromatic N) is 2. The molecule has 1 aliphatic carbocycles. The first-order valence-electron chi connectivity index (χ1n) is 6.50. The molecule has 1 N–H and O–H groups in total. The van der Waals surface area contributed by atoms with Crippen molar-refractivity contribution in [3.8, 4) is 0 Å². The molecule has 1 saturated carbocycles. The highest BCUT2D eigenvalue weighted by atomic mass is 32.2.